The Hall–Kier alpha value is -2.37. The van der Waals surface area contributed by atoms with Crippen molar-refractivity contribution in [1.82, 2.24) is 4.90 Å². The molecule has 6 heteroatoms. The molecule has 0 unspecified atom stereocenters. The molecule has 1 N–H and O–H groups in total. The highest BCUT2D eigenvalue weighted by atomic mass is 16.2. The van der Waals surface area contributed by atoms with Gasteiger partial charge in [0.05, 0.1) is 17.8 Å². The summed E-state index contributed by atoms with van der Waals surface area (Å²) in [5, 5.41) is 2.96. The van der Waals surface area contributed by atoms with Gasteiger partial charge in [-0.1, -0.05) is 12.8 Å². The average Bonchev–Trinajstić information content (AvgIpc) is 3.24. The second-order valence-corrected chi connectivity index (χ2v) is 6.83. The molecule has 2 aliphatic heterocycles. The van der Waals surface area contributed by atoms with Gasteiger partial charge in [-0.05, 0) is 37.0 Å². The number of fused-ring (bicyclic) bond motifs is 3. The molecule has 0 radical (unpaired) electrons. The smallest absolute Gasteiger partial charge is 0.262 e. The maximum absolute atomic E-state index is 12.6. The predicted octanol–water partition coefficient (Wildman–Crippen LogP) is 2.47. The minimum atomic E-state index is -0.0752. The molecule has 0 aromatic heterocycles. The van der Waals surface area contributed by atoms with Crippen LogP contribution in [0.1, 0.15) is 42.5 Å². The minimum absolute atomic E-state index is 0.0434. The van der Waals surface area contributed by atoms with E-state index < -0.39 is 0 Å². The SMILES string of the molecule is CN1C(=O)c2cc(NC(=O)CC3CCCC3)ccc2N2CCN=C12. The van der Waals surface area contributed by atoms with Crippen molar-refractivity contribution in [2.24, 2.45) is 10.9 Å². The van der Waals surface area contributed by atoms with Gasteiger partial charge in [0.1, 0.15) is 0 Å². The number of guanidine groups is 1. The van der Waals surface area contributed by atoms with Gasteiger partial charge >= 0.3 is 0 Å². The Balaban J connectivity index is 1.54. The normalized spacial score (nSPS) is 20.0. The summed E-state index contributed by atoms with van der Waals surface area (Å²) in [6, 6.07) is 5.57. The number of benzene rings is 1. The monoisotopic (exact) mass is 326 g/mol. The van der Waals surface area contributed by atoms with Crippen LogP contribution in [0.3, 0.4) is 0 Å². The third kappa shape index (κ3) is 2.56. The Bertz CT molecular complexity index is 722. The topological polar surface area (TPSA) is 65.0 Å². The van der Waals surface area contributed by atoms with Crippen molar-refractivity contribution in [3.8, 4) is 0 Å². The summed E-state index contributed by atoms with van der Waals surface area (Å²) in [5.41, 5.74) is 2.19. The van der Waals surface area contributed by atoms with Gasteiger partial charge in [0.15, 0.2) is 0 Å². The van der Waals surface area contributed by atoms with Gasteiger partial charge in [0, 0.05) is 25.7 Å². The van der Waals surface area contributed by atoms with Crippen LogP contribution in [-0.2, 0) is 4.79 Å². The van der Waals surface area contributed by atoms with E-state index in [0.717, 1.165) is 25.1 Å². The van der Waals surface area contributed by atoms with E-state index in [1.54, 1.807) is 18.0 Å². The first-order valence-corrected chi connectivity index (χ1v) is 8.67. The summed E-state index contributed by atoms with van der Waals surface area (Å²) in [5.74, 6) is 1.19. The molecule has 0 atom stereocenters. The molecule has 126 valence electrons. The van der Waals surface area contributed by atoms with Crippen LogP contribution in [0.25, 0.3) is 0 Å². The van der Waals surface area contributed by atoms with E-state index in [2.05, 4.69) is 15.2 Å². The number of amides is 2. The lowest BCUT2D eigenvalue weighted by Crippen LogP contribution is -2.48. The molecule has 1 aliphatic carbocycles. The predicted molar refractivity (Wildman–Crippen MR) is 93.4 cm³/mol. The largest absolute Gasteiger partial charge is 0.326 e. The zero-order valence-electron chi connectivity index (χ0n) is 13.9. The van der Waals surface area contributed by atoms with Crippen molar-refractivity contribution >= 4 is 29.1 Å². The summed E-state index contributed by atoms with van der Waals surface area (Å²) in [4.78, 5) is 32.8. The molecule has 2 amide bonds. The molecule has 1 fully saturated rings. The Kier molecular flexibility index (Phi) is 3.75. The standard InChI is InChI=1S/C18H22N4O2/c1-21-17(24)14-11-13(20-16(23)10-12-4-2-3-5-12)6-7-15(14)22-9-8-19-18(21)22/h6-7,11-12H,2-5,8-10H2,1H3,(H,20,23). The van der Waals surface area contributed by atoms with E-state index in [-0.39, 0.29) is 11.8 Å². The fourth-order valence-electron chi connectivity index (χ4n) is 3.93. The summed E-state index contributed by atoms with van der Waals surface area (Å²) < 4.78 is 0. The number of anilines is 2. The summed E-state index contributed by atoms with van der Waals surface area (Å²) in [7, 11) is 1.74. The Labute approximate surface area is 141 Å². The van der Waals surface area contributed by atoms with E-state index >= 15 is 0 Å². The first-order chi connectivity index (χ1) is 11.6. The summed E-state index contributed by atoms with van der Waals surface area (Å²) in [6.45, 7) is 1.49. The molecule has 6 nitrogen and oxygen atoms in total. The van der Waals surface area contributed by atoms with Gasteiger partial charge in [-0.25, -0.2) is 0 Å². The third-order valence-corrected chi connectivity index (χ3v) is 5.17. The number of carbonyl (C=O) groups is 2. The third-order valence-electron chi connectivity index (χ3n) is 5.17. The van der Waals surface area contributed by atoms with Gasteiger partial charge in [0.25, 0.3) is 5.91 Å². The minimum Gasteiger partial charge on any atom is -0.326 e. The lowest BCUT2D eigenvalue weighted by molar-refractivity contribution is -0.117. The van der Waals surface area contributed by atoms with Crippen molar-refractivity contribution in [3.63, 3.8) is 0 Å². The quantitative estimate of drug-likeness (QED) is 0.928. The molecule has 1 saturated carbocycles. The first-order valence-electron chi connectivity index (χ1n) is 8.67. The van der Waals surface area contributed by atoms with Crippen LogP contribution in [0.2, 0.25) is 0 Å². The van der Waals surface area contributed by atoms with Crippen molar-refractivity contribution in [2.75, 3.05) is 30.4 Å². The summed E-state index contributed by atoms with van der Waals surface area (Å²) >= 11 is 0. The lowest BCUT2D eigenvalue weighted by Gasteiger charge is -2.33. The van der Waals surface area contributed by atoms with Crippen molar-refractivity contribution in [1.29, 1.82) is 0 Å². The molecule has 3 aliphatic rings. The lowest BCUT2D eigenvalue weighted by atomic mass is 10.0. The number of aliphatic imine (C=N–C) groups is 1. The fourth-order valence-corrected chi connectivity index (χ4v) is 3.93. The Morgan fingerprint density at radius 2 is 2.12 bits per heavy atom. The van der Waals surface area contributed by atoms with Crippen LogP contribution in [0, 0.1) is 5.92 Å². The molecular formula is C18H22N4O2. The van der Waals surface area contributed by atoms with Gasteiger partial charge in [0.2, 0.25) is 11.9 Å². The van der Waals surface area contributed by atoms with Crippen LogP contribution < -0.4 is 10.2 Å². The Morgan fingerprint density at radius 1 is 1.33 bits per heavy atom. The molecule has 0 bridgehead atoms. The molecule has 24 heavy (non-hydrogen) atoms. The highest BCUT2D eigenvalue weighted by molar-refractivity contribution is 6.19. The van der Waals surface area contributed by atoms with Gasteiger partial charge < -0.3 is 10.2 Å². The molecule has 4 rings (SSSR count). The van der Waals surface area contributed by atoms with Crippen LogP contribution >= 0.6 is 0 Å². The van der Waals surface area contributed by atoms with Crippen LogP contribution in [0.5, 0.6) is 0 Å². The number of rotatable bonds is 3. The molecular weight excluding hydrogens is 304 g/mol. The molecule has 1 aromatic carbocycles. The van der Waals surface area contributed by atoms with Crippen molar-refractivity contribution in [2.45, 2.75) is 32.1 Å². The number of carbonyl (C=O) groups excluding carboxylic acids is 2. The highest BCUT2D eigenvalue weighted by Crippen LogP contribution is 2.32. The van der Waals surface area contributed by atoms with Crippen LogP contribution in [0.15, 0.2) is 23.2 Å². The number of nitrogens with one attached hydrogen (secondary N) is 1. The molecule has 0 spiro atoms. The van der Waals surface area contributed by atoms with Gasteiger partial charge in [-0.2, -0.15) is 0 Å². The van der Waals surface area contributed by atoms with E-state index in [9.17, 15) is 9.59 Å². The van der Waals surface area contributed by atoms with Crippen molar-refractivity contribution < 1.29 is 9.59 Å². The highest BCUT2D eigenvalue weighted by Gasteiger charge is 2.35. The number of hydrogen-bond donors (Lipinski definition) is 1. The average molecular weight is 326 g/mol. The molecule has 1 aromatic rings. The van der Waals surface area contributed by atoms with E-state index in [0.29, 0.717) is 36.1 Å². The van der Waals surface area contributed by atoms with Gasteiger partial charge in [-0.15, -0.1) is 0 Å². The maximum atomic E-state index is 12.6. The van der Waals surface area contributed by atoms with Crippen LogP contribution in [0.4, 0.5) is 11.4 Å². The Morgan fingerprint density at radius 3 is 2.92 bits per heavy atom. The fraction of sp³-hybridized carbons (Fsp3) is 0.500. The zero-order chi connectivity index (χ0) is 16.7. The second kappa shape index (κ2) is 5.92. The van der Waals surface area contributed by atoms with E-state index in [4.69, 9.17) is 0 Å². The van der Waals surface area contributed by atoms with E-state index in [1.165, 1.54) is 12.8 Å². The molecule has 0 saturated heterocycles. The molecule has 2 heterocycles. The zero-order valence-corrected chi connectivity index (χ0v) is 13.9. The van der Waals surface area contributed by atoms with Gasteiger partial charge in [-0.3, -0.25) is 19.5 Å². The number of nitrogens with zero attached hydrogens (tertiary/aromatic N) is 3. The first kappa shape index (κ1) is 15.2. The maximum Gasteiger partial charge on any atom is 0.262 e. The summed E-state index contributed by atoms with van der Waals surface area (Å²) in [6.07, 6.45) is 5.35. The van der Waals surface area contributed by atoms with Crippen LogP contribution in [-0.4, -0.2) is 42.8 Å². The number of hydrogen-bond acceptors (Lipinski definition) is 4. The van der Waals surface area contributed by atoms with E-state index in [1.807, 2.05) is 12.1 Å². The second-order valence-electron chi connectivity index (χ2n) is 6.83. The van der Waals surface area contributed by atoms with Crippen molar-refractivity contribution in [3.05, 3.63) is 23.8 Å².